The van der Waals surface area contributed by atoms with Gasteiger partial charge < -0.3 is 13.9 Å². The molecule has 0 saturated heterocycles. The van der Waals surface area contributed by atoms with E-state index in [1.165, 1.54) is 6.92 Å². The summed E-state index contributed by atoms with van der Waals surface area (Å²) in [5.41, 5.74) is 3.09. The number of carbonyl (C=O) groups is 2. The minimum absolute atomic E-state index is 0.0326. The van der Waals surface area contributed by atoms with E-state index in [-0.39, 0.29) is 17.6 Å². The first-order valence-electron chi connectivity index (χ1n) is 11.3. The van der Waals surface area contributed by atoms with Crippen LogP contribution in [-0.4, -0.2) is 31.6 Å². The Morgan fingerprint density at radius 1 is 1.03 bits per heavy atom. The number of ketones is 1. The molecule has 3 atom stereocenters. The van der Waals surface area contributed by atoms with Crippen molar-refractivity contribution in [1.82, 2.24) is 0 Å². The molecule has 1 amide bonds. The highest BCUT2D eigenvalue weighted by molar-refractivity contribution is 6.12. The van der Waals surface area contributed by atoms with Crippen LogP contribution in [0.25, 0.3) is 0 Å². The molecule has 3 aromatic rings. The number of rotatable bonds is 4. The molecule has 0 radical (unpaired) electrons. The summed E-state index contributed by atoms with van der Waals surface area (Å²) < 4.78 is 16.6. The number of aliphatic imine (C=N–C) groups is 1. The van der Waals surface area contributed by atoms with Crippen LogP contribution in [0, 0.1) is 5.92 Å². The van der Waals surface area contributed by atoms with Crippen molar-refractivity contribution < 1.29 is 23.5 Å². The minimum Gasteiger partial charge on any atom is -0.493 e. The predicted octanol–water partition coefficient (Wildman–Crippen LogP) is 5.24. The Bertz CT molecular complexity index is 1260. The summed E-state index contributed by atoms with van der Waals surface area (Å²) in [6.07, 6.45) is 2.49. The SMILES string of the molecule is COc1ccc(C2CC(=O)C3C(=Nc4ccccc4N(C(C)=O)C3c3ccco3)C2)cc1OC. The van der Waals surface area contributed by atoms with Crippen LogP contribution in [0.4, 0.5) is 11.4 Å². The number of nitrogens with zero attached hydrogens (tertiary/aromatic N) is 2. The Hall–Kier alpha value is -3.87. The summed E-state index contributed by atoms with van der Waals surface area (Å²) in [5, 5.41) is 0. The smallest absolute Gasteiger partial charge is 0.224 e. The summed E-state index contributed by atoms with van der Waals surface area (Å²) in [7, 11) is 3.19. The Balaban J connectivity index is 1.62. The zero-order chi connectivity index (χ0) is 23.8. The van der Waals surface area contributed by atoms with E-state index < -0.39 is 12.0 Å². The van der Waals surface area contributed by atoms with Gasteiger partial charge in [0.15, 0.2) is 11.5 Å². The van der Waals surface area contributed by atoms with Crippen molar-refractivity contribution in [1.29, 1.82) is 0 Å². The van der Waals surface area contributed by atoms with Gasteiger partial charge in [-0.3, -0.25) is 19.5 Å². The Morgan fingerprint density at radius 3 is 2.53 bits per heavy atom. The second-order valence-corrected chi connectivity index (χ2v) is 8.60. The molecule has 174 valence electrons. The molecule has 0 N–H and O–H groups in total. The third kappa shape index (κ3) is 3.67. The number of furan rings is 1. The van der Waals surface area contributed by atoms with E-state index in [4.69, 9.17) is 18.9 Å². The van der Waals surface area contributed by atoms with E-state index in [0.29, 0.717) is 41.5 Å². The van der Waals surface area contributed by atoms with Crippen molar-refractivity contribution in [3.05, 3.63) is 72.2 Å². The average Bonchev–Trinajstić information content (AvgIpc) is 3.32. The topological polar surface area (TPSA) is 81.3 Å². The van der Waals surface area contributed by atoms with Gasteiger partial charge in [-0.1, -0.05) is 18.2 Å². The Kier molecular flexibility index (Phi) is 5.69. The lowest BCUT2D eigenvalue weighted by Crippen LogP contribution is -2.44. The number of hydrogen-bond donors (Lipinski definition) is 0. The number of amides is 1. The van der Waals surface area contributed by atoms with Gasteiger partial charge in [0, 0.05) is 19.1 Å². The van der Waals surface area contributed by atoms with Gasteiger partial charge in [0.2, 0.25) is 5.91 Å². The van der Waals surface area contributed by atoms with E-state index in [1.807, 2.05) is 48.5 Å². The monoisotopic (exact) mass is 458 g/mol. The highest BCUT2D eigenvalue weighted by Crippen LogP contribution is 2.47. The second-order valence-electron chi connectivity index (χ2n) is 8.60. The number of Topliss-reactive ketones (excluding diaryl/α,β-unsaturated/α-hetero) is 1. The molecule has 1 aromatic heterocycles. The van der Waals surface area contributed by atoms with Crippen LogP contribution < -0.4 is 14.4 Å². The molecule has 2 aromatic carbocycles. The Morgan fingerprint density at radius 2 is 1.82 bits per heavy atom. The number of anilines is 1. The molecular weight excluding hydrogens is 432 g/mol. The van der Waals surface area contributed by atoms with Crippen LogP contribution in [0.2, 0.25) is 0 Å². The van der Waals surface area contributed by atoms with E-state index in [9.17, 15) is 9.59 Å². The van der Waals surface area contributed by atoms with Crippen molar-refractivity contribution >= 4 is 28.8 Å². The van der Waals surface area contributed by atoms with E-state index in [0.717, 1.165) is 11.3 Å². The van der Waals surface area contributed by atoms with Crippen LogP contribution in [-0.2, 0) is 9.59 Å². The van der Waals surface area contributed by atoms with Gasteiger partial charge in [-0.15, -0.1) is 0 Å². The maximum Gasteiger partial charge on any atom is 0.224 e. The first-order chi connectivity index (χ1) is 16.5. The fourth-order valence-electron chi connectivity index (χ4n) is 5.16. The average molecular weight is 459 g/mol. The molecule has 1 aliphatic heterocycles. The molecule has 1 fully saturated rings. The third-order valence-electron chi connectivity index (χ3n) is 6.66. The predicted molar refractivity (Wildman–Crippen MR) is 128 cm³/mol. The molecule has 0 spiro atoms. The van der Waals surface area contributed by atoms with Crippen molar-refractivity contribution in [2.45, 2.75) is 31.7 Å². The number of fused-ring (bicyclic) bond motifs is 2. The van der Waals surface area contributed by atoms with E-state index in [2.05, 4.69) is 0 Å². The fraction of sp³-hybridized carbons (Fsp3) is 0.296. The van der Waals surface area contributed by atoms with Gasteiger partial charge in [-0.25, -0.2) is 0 Å². The first kappa shape index (κ1) is 21.9. The highest BCUT2D eigenvalue weighted by Gasteiger charge is 2.46. The molecule has 7 nitrogen and oxygen atoms in total. The van der Waals surface area contributed by atoms with Crippen molar-refractivity contribution in [3.63, 3.8) is 0 Å². The van der Waals surface area contributed by atoms with Gasteiger partial charge in [-0.2, -0.15) is 0 Å². The number of ether oxygens (including phenoxy) is 2. The van der Waals surface area contributed by atoms with Gasteiger partial charge >= 0.3 is 0 Å². The number of hydrogen-bond acceptors (Lipinski definition) is 6. The molecule has 0 bridgehead atoms. The summed E-state index contributed by atoms with van der Waals surface area (Å²) in [6, 6.07) is 16.3. The molecule has 2 heterocycles. The van der Waals surface area contributed by atoms with Crippen molar-refractivity contribution in [3.8, 4) is 11.5 Å². The third-order valence-corrected chi connectivity index (χ3v) is 6.66. The Labute approximate surface area is 198 Å². The zero-order valence-corrected chi connectivity index (χ0v) is 19.4. The zero-order valence-electron chi connectivity index (χ0n) is 19.4. The largest absolute Gasteiger partial charge is 0.493 e. The maximum atomic E-state index is 13.8. The molecule has 5 rings (SSSR count). The number of para-hydroxylation sites is 2. The molecule has 1 aliphatic carbocycles. The van der Waals surface area contributed by atoms with Crippen LogP contribution in [0.5, 0.6) is 11.5 Å². The van der Waals surface area contributed by atoms with Gasteiger partial charge in [0.25, 0.3) is 0 Å². The summed E-state index contributed by atoms with van der Waals surface area (Å²) >= 11 is 0. The fourth-order valence-corrected chi connectivity index (χ4v) is 5.16. The molecular formula is C27H26N2O5. The highest BCUT2D eigenvalue weighted by atomic mass is 16.5. The molecule has 2 aliphatic rings. The standard InChI is InChI=1S/C27H26N2O5/c1-16(30)29-21-8-5-4-7-19(21)28-20-13-18(17-10-11-23(32-2)25(15-17)33-3)14-22(31)26(20)27(29)24-9-6-12-34-24/h4-12,15,18,26-27H,13-14H2,1-3H3. The van der Waals surface area contributed by atoms with Gasteiger partial charge in [0.1, 0.15) is 17.6 Å². The van der Waals surface area contributed by atoms with Crippen molar-refractivity contribution in [2.24, 2.45) is 10.9 Å². The molecule has 3 unspecified atom stereocenters. The summed E-state index contributed by atoms with van der Waals surface area (Å²) in [6.45, 7) is 1.51. The minimum atomic E-state index is -0.589. The second kappa shape index (κ2) is 8.82. The van der Waals surface area contributed by atoms with Gasteiger partial charge in [-0.05, 0) is 54.3 Å². The van der Waals surface area contributed by atoms with Crippen LogP contribution >= 0.6 is 0 Å². The molecule has 1 saturated carbocycles. The van der Waals surface area contributed by atoms with E-state index in [1.54, 1.807) is 31.4 Å². The molecule has 34 heavy (non-hydrogen) atoms. The lowest BCUT2D eigenvalue weighted by atomic mass is 9.73. The quantitative estimate of drug-likeness (QED) is 0.534. The molecule has 7 heteroatoms. The lowest BCUT2D eigenvalue weighted by molar-refractivity contribution is -0.123. The normalized spacial score (nSPS) is 21.7. The van der Waals surface area contributed by atoms with Gasteiger partial charge in [0.05, 0.1) is 37.8 Å². The number of carbonyl (C=O) groups excluding carboxylic acids is 2. The van der Waals surface area contributed by atoms with Crippen LogP contribution in [0.1, 0.15) is 43.0 Å². The summed E-state index contributed by atoms with van der Waals surface area (Å²) in [4.78, 5) is 33.3. The van der Waals surface area contributed by atoms with Crippen molar-refractivity contribution in [2.75, 3.05) is 19.1 Å². The number of methoxy groups -OCH3 is 2. The van der Waals surface area contributed by atoms with Crippen LogP contribution in [0.3, 0.4) is 0 Å². The van der Waals surface area contributed by atoms with E-state index >= 15 is 0 Å². The maximum absolute atomic E-state index is 13.8. The first-order valence-corrected chi connectivity index (χ1v) is 11.3. The number of benzene rings is 2. The van der Waals surface area contributed by atoms with Crippen LogP contribution in [0.15, 0.2) is 70.3 Å². The summed E-state index contributed by atoms with van der Waals surface area (Å²) in [5.74, 6) is 1.06. The lowest BCUT2D eigenvalue weighted by Gasteiger charge is -2.37.